The third kappa shape index (κ3) is 6.58. The van der Waals surface area contributed by atoms with Gasteiger partial charge in [-0.2, -0.15) is 0 Å². The number of likely N-dealkylation sites (tertiary alicyclic amines) is 1. The molecule has 2 aliphatic rings. The van der Waals surface area contributed by atoms with Crippen LogP contribution in [0.2, 0.25) is 0 Å². The van der Waals surface area contributed by atoms with Gasteiger partial charge in [0, 0.05) is 32.8 Å². The fourth-order valence-corrected chi connectivity index (χ4v) is 4.55. The molecule has 0 radical (unpaired) electrons. The number of carbonyl (C=O) groups excluding carboxylic acids is 1. The molecule has 38 heavy (non-hydrogen) atoms. The minimum atomic E-state index is -0.863. The second-order valence-corrected chi connectivity index (χ2v) is 9.09. The zero-order valence-corrected chi connectivity index (χ0v) is 22.2. The van der Waals surface area contributed by atoms with Gasteiger partial charge in [0.2, 0.25) is 0 Å². The highest BCUT2D eigenvalue weighted by molar-refractivity contribution is 6.20. The Kier molecular flexibility index (Phi) is 10.0. The molecule has 1 amide bonds. The maximum Gasteiger partial charge on any atom is 0.255 e. The van der Waals surface area contributed by atoms with Crippen LogP contribution in [0.25, 0.3) is 11.0 Å². The summed E-state index contributed by atoms with van der Waals surface area (Å²) in [5.41, 5.74) is 17.6. The van der Waals surface area contributed by atoms with Crippen molar-refractivity contribution in [1.29, 1.82) is 0 Å². The number of hydrogen-bond donors (Lipinski definition) is 3. The summed E-state index contributed by atoms with van der Waals surface area (Å²) in [5.74, 6) is 4.37. The number of rotatable bonds is 7. The van der Waals surface area contributed by atoms with Gasteiger partial charge in [-0.1, -0.05) is 12.0 Å². The first-order valence-electron chi connectivity index (χ1n) is 12.4. The average Bonchev–Trinajstić information content (AvgIpc) is 3.41. The van der Waals surface area contributed by atoms with E-state index in [9.17, 15) is 9.18 Å². The molecule has 1 unspecified atom stereocenters. The number of nitrogens with zero attached hydrogens (tertiary/aromatic N) is 4. The number of hydrogen-bond acceptors (Lipinski definition) is 7. The Bertz CT molecular complexity index is 1300. The van der Waals surface area contributed by atoms with E-state index < -0.39 is 11.7 Å². The Labute approximate surface area is 222 Å². The van der Waals surface area contributed by atoms with Gasteiger partial charge in [0.25, 0.3) is 5.91 Å². The van der Waals surface area contributed by atoms with Gasteiger partial charge in [0.15, 0.2) is 0 Å². The summed E-state index contributed by atoms with van der Waals surface area (Å²) >= 11 is 0. The van der Waals surface area contributed by atoms with Crippen LogP contribution in [0, 0.1) is 24.6 Å². The normalized spacial score (nSPS) is 18.6. The zero-order valence-electron chi connectivity index (χ0n) is 22.2. The standard InChI is InChI=1S/C18H19FN6O2.C9H17NO/c1-9-24-14-5-10(3-4-13(20)16(18(22)26)17(21)23-2)12(19)6-15(14)25(9)11-7-27-8-11;1-3-6-10-7-4-5-9(10)8-11-2/h5-6,11H,7-8,20H2,1-2H3,(H2,21,23)(H2,22,26);3,9H,1,4-8H2,2H3/b16-13+;. The number of imidazole rings is 1. The highest BCUT2D eigenvalue weighted by Crippen LogP contribution is 2.27. The van der Waals surface area contributed by atoms with Gasteiger partial charge in [0.1, 0.15) is 23.1 Å². The lowest BCUT2D eigenvalue weighted by Crippen LogP contribution is -2.32. The van der Waals surface area contributed by atoms with Gasteiger partial charge in [-0.25, -0.2) is 9.37 Å². The number of ether oxygens (including phenoxy) is 2. The van der Waals surface area contributed by atoms with E-state index in [4.69, 9.17) is 26.7 Å². The molecule has 0 bridgehead atoms. The lowest BCUT2D eigenvalue weighted by atomic mass is 10.1. The molecular formula is C27H36FN7O3. The van der Waals surface area contributed by atoms with Crippen LogP contribution in [-0.2, 0) is 14.3 Å². The number of benzene rings is 1. The van der Waals surface area contributed by atoms with Crippen molar-refractivity contribution in [2.45, 2.75) is 31.8 Å². The first-order valence-corrected chi connectivity index (χ1v) is 12.4. The van der Waals surface area contributed by atoms with Gasteiger partial charge in [-0.15, -0.1) is 6.58 Å². The Morgan fingerprint density at radius 1 is 1.37 bits per heavy atom. The average molecular weight is 526 g/mol. The van der Waals surface area contributed by atoms with Crippen LogP contribution in [0.1, 0.15) is 30.3 Å². The second-order valence-electron chi connectivity index (χ2n) is 9.09. The number of amides is 1. The van der Waals surface area contributed by atoms with Crippen LogP contribution in [0.4, 0.5) is 4.39 Å². The van der Waals surface area contributed by atoms with E-state index in [0.717, 1.165) is 19.0 Å². The van der Waals surface area contributed by atoms with Crippen molar-refractivity contribution < 1.29 is 18.7 Å². The van der Waals surface area contributed by atoms with E-state index >= 15 is 0 Å². The number of allylic oxidation sites excluding steroid dienone is 1. The lowest BCUT2D eigenvalue weighted by Gasteiger charge is -2.28. The van der Waals surface area contributed by atoms with Crippen molar-refractivity contribution >= 4 is 22.8 Å². The van der Waals surface area contributed by atoms with Crippen molar-refractivity contribution in [3.63, 3.8) is 0 Å². The summed E-state index contributed by atoms with van der Waals surface area (Å²) in [6.45, 7) is 9.83. The Morgan fingerprint density at radius 2 is 2.11 bits per heavy atom. The summed E-state index contributed by atoms with van der Waals surface area (Å²) in [5, 5.41) is 0. The molecule has 0 spiro atoms. The number of nitrogens with two attached hydrogens (primary N) is 3. The first-order chi connectivity index (χ1) is 18.2. The number of aromatic nitrogens is 2. The Morgan fingerprint density at radius 3 is 2.68 bits per heavy atom. The monoisotopic (exact) mass is 525 g/mol. The third-order valence-electron chi connectivity index (χ3n) is 6.51. The Balaban J connectivity index is 0.000000304. The molecule has 0 saturated carbocycles. The van der Waals surface area contributed by atoms with Gasteiger partial charge in [0.05, 0.1) is 48.2 Å². The Hall–Kier alpha value is -3.72. The number of halogens is 1. The summed E-state index contributed by atoms with van der Waals surface area (Å²) in [7, 11) is 3.16. The fraction of sp³-hybridized carbons (Fsp3) is 0.444. The van der Waals surface area contributed by atoms with E-state index in [2.05, 4.69) is 33.3 Å². The molecule has 4 rings (SSSR count). The first kappa shape index (κ1) is 28.8. The van der Waals surface area contributed by atoms with E-state index in [1.807, 2.05) is 17.6 Å². The summed E-state index contributed by atoms with van der Waals surface area (Å²) in [4.78, 5) is 22.1. The highest BCUT2D eigenvalue weighted by Gasteiger charge is 2.25. The molecule has 10 nitrogen and oxygen atoms in total. The number of aliphatic imine (C=N–C) groups is 1. The van der Waals surface area contributed by atoms with Gasteiger partial charge in [-0.05, 0) is 38.3 Å². The van der Waals surface area contributed by atoms with E-state index in [-0.39, 0.29) is 28.7 Å². The SMILES string of the molecule is C=CCN1CCCC1COC.CN=C(N)/C(C(N)=O)=C(\N)C#Cc1cc2nc(C)n(C3COC3)c2cc1F. The molecule has 204 valence electrons. The number of amidine groups is 1. The van der Waals surface area contributed by atoms with Crippen molar-refractivity contribution in [2.75, 3.05) is 47.1 Å². The number of carbonyl (C=O) groups is 1. The third-order valence-corrected chi connectivity index (χ3v) is 6.51. The molecule has 2 aromatic rings. The predicted octanol–water partition coefficient (Wildman–Crippen LogP) is 1.37. The predicted molar refractivity (Wildman–Crippen MR) is 146 cm³/mol. The summed E-state index contributed by atoms with van der Waals surface area (Å²) in [6.07, 6.45) is 4.55. The van der Waals surface area contributed by atoms with Crippen molar-refractivity contribution in [2.24, 2.45) is 22.2 Å². The minimum absolute atomic E-state index is 0.0933. The van der Waals surface area contributed by atoms with Crippen LogP contribution < -0.4 is 17.2 Å². The van der Waals surface area contributed by atoms with E-state index in [0.29, 0.717) is 30.3 Å². The van der Waals surface area contributed by atoms with Crippen LogP contribution in [-0.4, -0.2) is 79.3 Å². The lowest BCUT2D eigenvalue weighted by molar-refractivity contribution is -0.114. The van der Waals surface area contributed by atoms with Gasteiger partial charge in [-0.3, -0.25) is 14.7 Å². The maximum absolute atomic E-state index is 14.6. The molecule has 1 aromatic heterocycles. The summed E-state index contributed by atoms with van der Waals surface area (Å²) in [6, 6.07) is 3.71. The van der Waals surface area contributed by atoms with Crippen molar-refractivity contribution in [1.82, 2.24) is 14.5 Å². The smallest absolute Gasteiger partial charge is 0.255 e. The van der Waals surface area contributed by atoms with Crippen LogP contribution in [0.5, 0.6) is 0 Å². The number of methoxy groups -OCH3 is 1. The molecule has 3 heterocycles. The molecule has 2 aliphatic heterocycles. The second kappa shape index (κ2) is 13.2. The van der Waals surface area contributed by atoms with E-state index in [1.54, 1.807) is 7.11 Å². The number of primary amides is 1. The highest BCUT2D eigenvalue weighted by atomic mass is 19.1. The molecule has 2 fully saturated rings. The molecule has 11 heteroatoms. The maximum atomic E-state index is 14.6. The van der Waals surface area contributed by atoms with Crippen molar-refractivity contribution in [3.8, 4) is 11.8 Å². The van der Waals surface area contributed by atoms with E-state index in [1.165, 1.54) is 38.6 Å². The molecule has 1 atom stereocenters. The van der Waals surface area contributed by atoms with Crippen LogP contribution in [0.15, 0.2) is 41.1 Å². The molecule has 1 aromatic carbocycles. The van der Waals surface area contributed by atoms with Crippen LogP contribution in [0.3, 0.4) is 0 Å². The molecular weight excluding hydrogens is 489 g/mol. The number of aryl methyl sites for hydroxylation is 1. The van der Waals surface area contributed by atoms with Gasteiger partial charge >= 0.3 is 0 Å². The number of fused-ring (bicyclic) bond motifs is 1. The zero-order chi connectivity index (χ0) is 27.8. The minimum Gasteiger partial charge on any atom is -0.391 e. The van der Waals surface area contributed by atoms with Gasteiger partial charge < -0.3 is 31.2 Å². The van der Waals surface area contributed by atoms with Crippen molar-refractivity contribution in [3.05, 3.63) is 53.3 Å². The van der Waals surface area contributed by atoms with Crippen LogP contribution >= 0.6 is 0 Å². The summed E-state index contributed by atoms with van der Waals surface area (Å²) < 4.78 is 26.8. The topological polar surface area (TPSA) is 147 Å². The molecule has 0 aliphatic carbocycles. The molecule has 6 N–H and O–H groups in total. The fourth-order valence-electron chi connectivity index (χ4n) is 4.55. The quantitative estimate of drug-likeness (QED) is 0.163. The largest absolute Gasteiger partial charge is 0.391 e. The molecule has 2 saturated heterocycles.